The molecule has 208 valence electrons. The quantitative estimate of drug-likeness (QED) is 0.289. The minimum atomic E-state index is -0.756. The first-order valence-electron chi connectivity index (χ1n) is 13.0. The monoisotopic (exact) mass is 588 g/mol. The van der Waals surface area contributed by atoms with Crippen LogP contribution >= 0.6 is 22.9 Å². The molecule has 1 aromatic heterocycles. The van der Waals surface area contributed by atoms with Crippen molar-refractivity contribution in [1.82, 2.24) is 4.57 Å². The molecule has 0 saturated carbocycles. The van der Waals surface area contributed by atoms with E-state index in [9.17, 15) is 9.59 Å². The van der Waals surface area contributed by atoms with Crippen LogP contribution in [-0.2, 0) is 16.1 Å². The smallest absolute Gasteiger partial charge is 0.338 e. The van der Waals surface area contributed by atoms with E-state index < -0.39 is 12.0 Å². The number of carbonyl (C=O) groups is 1. The highest BCUT2D eigenvalue weighted by Gasteiger charge is 2.34. The molecule has 0 bridgehead atoms. The van der Waals surface area contributed by atoms with Crippen molar-refractivity contribution in [2.45, 2.75) is 26.5 Å². The number of fused-ring (bicyclic) bond motifs is 2. The van der Waals surface area contributed by atoms with Crippen LogP contribution in [0, 0.1) is 0 Å². The Kier molecular flexibility index (Phi) is 7.38. The number of nitrogens with zero attached hydrogens (tertiary/aromatic N) is 2. The predicted octanol–water partition coefficient (Wildman–Crippen LogP) is 4.76. The Morgan fingerprint density at radius 1 is 1.12 bits per heavy atom. The second-order valence-electron chi connectivity index (χ2n) is 9.33. The van der Waals surface area contributed by atoms with Gasteiger partial charge in [-0.25, -0.2) is 9.79 Å². The number of hydrogen-bond donors (Lipinski definition) is 0. The number of esters is 1. The maximum atomic E-state index is 14.0. The van der Waals surface area contributed by atoms with Crippen molar-refractivity contribution in [3.05, 3.63) is 119 Å². The molecule has 8 nitrogen and oxygen atoms in total. The lowest BCUT2D eigenvalue weighted by molar-refractivity contribution is -0.139. The maximum Gasteiger partial charge on any atom is 0.338 e. The normalized spacial score (nSPS) is 15.9. The van der Waals surface area contributed by atoms with Crippen LogP contribution in [0.2, 0.25) is 5.02 Å². The third-order valence-electron chi connectivity index (χ3n) is 6.78. The Balaban J connectivity index is 1.45. The SMILES string of the molecule is CCOC(=O)C1=C(C)N=c2s/c(=C\c3ccccc3OCc3ccccc3Cl)c(=O)n2[C@H]1c1ccc2c(c1)OCO2. The average Bonchev–Trinajstić information content (AvgIpc) is 3.56. The molecule has 0 unspecified atom stereocenters. The maximum absolute atomic E-state index is 14.0. The molecule has 3 heterocycles. The molecule has 4 aromatic rings. The van der Waals surface area contributed by atoms with Gasteiger partial charge in [0.1, 0.15) is 12.4 Å². The molecule has 0 N–H and O–H groups in total. The van der Waals surface area contributed by atoms with Gasteiger partial charge < -0.3 is 18.9 Å². The third kappa shape index (κ3) is 5.14. The minimum Gasteiger partial charge on any atom is -0.488 e. The molecule has 0 aliphatic carbocycles. The van der Waals surface area contributed by atoms with E-state index in [0.717, 1.165) is 11.1 Å². The van der Waals surface area contributed by atoms with Gasteiger partial charge in [0.15, 0.2) is 16.3 Å². The molecule has 0 radical (unpaired) electrons. The zero-order valence-corrected chi connectivity index (χ0v) is 23.8. The van der Waals surface area contributed by atoms with Crippen molar-refractivity contribution >= 4 is 35.0 Å². The summed E-state index contributed by atoms with van der Waals surface area (Å²) in [5.74, 6) is 1.23. The van der Waals surface area contributed by atoms with Crippen LogP contribution in [0.3, 0.4) is 0 Å². The summed E-state index contributed by atoms with van der Waals surface area (Å²) in [6, 6.07) is 19.6. The van der Waals surface area contributed by atoms with Gasteiger partial charge in [-0.1, -0.05) is 65.4 Å². The number of hydrogen-bond acceptors (Lipinski definition) is 8. The highest BCUT2D eigenvalue weighted by Crippen LogP contribution is 2.38. The molecule has 6 rings (SSSR count). The second-order valence-corrected chi connectivity index (χ2v) is 10.7. The van der Waals surface area contributed by atoms with Gasteiger partial charge in [0, 0.05) is 16.1 Å². The van der Waals surface area contributed by atoms with Crippen molar-refractivity contribution in [3.8, 4) is 17.2 Å². The van der Waals surface area contributed by atoms with E-state index in [0.29, 0.717) is 48.4 Å². The Hall–Kier alpha value is -4.34. The van der Waals surface area contributed by atoms with Gasteiger partial charge in [-0.3, -0.25) is 9.36 Å². The molecule has 2 aliphatic rings. The van der Waals surface area contributed by atoms with E-state index in [1.54, 1.807) is 36.6 Å². The molecule has 10 heteroatoms. The fourth-order valence-corrected chi connectivity index (χ4v) is 6.06. The van der Waals surface area contributed by atoms with E-state index in [4.69, 9.17) is 30.5 Å². The van der Waals surface area contributed by atoms with Gasteiger partial charge in [0.2, 0.25) is 6.79 Å². The lowest BCUT2D eigenvalue weighted by Crippen LogP contribution is -2.39. The number of ether oxygens (including phenoxy) is 4. The Bertz CT molecular complexity index is 1880. The Labute approximate surface area is 244 Å². The van der Waals surface area contributed by atoms with Crippen LogP contribution in [-0.4, -0.2) is 23.9 Å². The first-order chi connectivity index (χ1) is 19.9. The van der Waals surface area contributed by atoms with Gasteiger partial charge in [-0.15, -0.1) is 0 Å². The van der Waals surface area contributed by atoms with Crippen LogP contribution in [0.1, 0.15) is 36.6 Å². The summed E-state index contributed by atoms with van der Waals surface area (Å²) >= 11 is 7.55. The first-order valence-corrected chi connectivity index (χ1v) is 14.2. The van der Waals surface area contributed by atoms with Crippen molar-refractivity contribution in [2.24, 2.45) is 4.99 Å². The Morgan fingerprint density at radius 2 is 1.90 bits per heavy atom. The summed E-state index contributed by atoms with van der Waals surface area (Å²) in [7, 11) is 0. The van der Waals surface area contributed by atoms with E-state index in [1.165, 1.54) is 11.3 Å². The third-order valence-corrected chi connectivity index (χ3v) is 8.13. The number of para-hydroxylation sites is 1. The number of halogens is 1. The summed E-state index contributed by atoms with van der Waals surface area (Å²) < 4.78 is 24.5. The largest absolute Gasteiger partial charge is 0.488 e. The highest BCUT2D eigenvalue weighted by molar-refractivity contribution is 7.07. The predicted molar refractivity (Wildman–Crippen MR) is 155 cm³/mol. The summed E-state index contributed by atoms with van der Waals surface area (Å²) in [6.45, 7) is 4.07. The van der Waals surface area contributed by atoms with Crippen molar-refractivity contribution in [2.75, 3.05) is 13.4 Å². The summed E-state index contributed by atoms with van der Waals surface area (Å²) in [4.78, 5) is 32.3. The van der Waals surface area contributed by atoms with Crippen LogP contribution in [0.15, 0.2) is 87.8 Å². The van der Waals surface area contributed by atoms with E-state index in [2.05, 4.69) is 4.99 Å². The fourth-order valence-electron chi connectivity index (χ4n) is 4.83. The number of thiazole rings is 1. The first kappa shape index (κ1) is 26.9. The molecular weight excluding hydrogens is 564 g/mol. The van der Waals surface area contributed by atoms with Crippen LogP contribution in [0.4, 0.5) is 0 Å². The van der Waals surface area contributed by atoms with Crippen molar-refractivity contribution in [3.63, 3.8) is 0 Å². The van der Waals surface area contributed by atoms with Crippen molar-refractivity contribution in [1.29, 1.82) is 0 Å². The van der Waals surface area contributed by atoms with Crippen molar-refractivity contribution < 1.29 is 23.7 Å². The zero-order valence-electron chi connectivity index (χ0n) is 22.3. The fraction of sp³-hybridized carbons (Fsp3) is 0.194. The summed E-state index contributed by atoms with van der Waals surface area (Å²) in [5, 5.41) is 0.620. The van der Waals surface area contributed by atoms with E-state index in [-0.39, 0.29) is 25.6 Å². The number of benzene rings is 3. The molecule has 0 spiro atoms. The molecule has 1 atom stereocenters. The molecular formula is C31H25ClN2O6S. The molecule has 0 saturated heterocycles. The highest BCUT2D eigenvalue weighted by atomic mass is 35.5. The summed E-state index contributed by atoms with van der Waals surface area (Å²) in [5.41, 5.74) is 2.77. The van der Waals surface area contributed by atoms with Crippen LogP contribution < -0.4 is 29.1 Å². The lowest BCUT2D eigenvalue weighted by atomic mass is 9.95. The van der Waals surface area contributed by atoms with Gasteiger partial charge in [0.25, 0.3) is 5.56 Å². The molecule has 2 aliphatic heterocycles. The van der Waals surface area contributed by atoms with E-state index >= 15 is 0 Å². The topological polar surface area (TPSA) is 88.4 Å². The molecule has 41 heavy (non-hydrogen) atoms. The van der Waals surface area contributed by atoms with Gasteiger partial charge in [0.05, 0.1) is 28.5 Å². The lowest BCUT2D eigenvalue weighted by Gasteiger charge is -2.24. The zero-order chi connectivity index (χ0) is 28.5. The van der Waals surface area contributed by atoms with Crippen LogP contribution in [0.25, 0.3) is 6.08 Å². The van der Waals surface area contributed by atoms with Gasteiger partial charge in [-0.2, -0.15) is 0 Å². The Morgan fingerprint density at radius 3 is 2.73 bits per heavy atom. The summed E-state index contributed by atoms with van der Waals surface area (Å²) in [6.07, 6.45) is 1.78. The number of aromatic nitrogens is 1. The number of carbonyl (C=O) groups excluding carboxylic acids is 1. The average molecular weight is 589 g/mol. The molecule has 0 fully saturated rings. The van der Waals surface area contributed by atoms with Crippen LogP contribution in [0.5, 0.6) is 17.2 Å². The number of rotatable bonds is 7. The molecule has 3 aromatic carbocycles. The number of allylic oxidation sites excluding steroid dienone is 1. The van der Waals surface area contributed by atoms with Gasteiger partial charge >= 0.3 is 5.97 Å². The standard InChI is InChI=1S/C31H25ClN2O6S/c1-3-37-30(36)27-18(2)33-31-34(28(27)20-12-13-24-25(14-20)40-17-39-24)29(35)26(41-31)15-19-8-5-7-11-23(19)38-16-21-9-4-6-10-22(21)32/h4-15,28H,3,16-17H2,1-2H3/b26-15-/t28-/m0/s1. The second kappa shape index (κ2) is 11.3. The van der Waals surface area contributed by atoms with Gasteiger partial charge in [-0.05, 0) is 49.8 Å². The molecule has 0 amide bonds. The minimum absolute atomic E-state index is 0.110. The van der Waals surface area contributed by atoms with E-state index in [1.807, 2.05) is 54.6 Å².